The predicted molar refractivity (Wildman–Crippen MR) is 49.7 cm³/mol. The summed E-state index contributed by atoms with van der Waals surface area (Å²) in [6.45, 7) is 4.04. The fourth-order valence-electron chi connectivity index (χ4n) is 1.32. The van der Waals surface area contributed by atoms with Crippen LogP contribution in [0.3, 0.4) is 0 Å². The Labute approximate surface area is 75.8 Å². The Morgan fingerprint density at radius 3 is 2.92 bits per heavy atom. The van der Waals surface area contributed by atoms with Gasteiger partial charge in [0.05, 0.1) is 0 Å². The van der Waals surface area contributed by atoms with Gasteiger partial charge in [-0.05, 0) is 31.5 Å². The minimum absolute atomic E-state index is 0.557. The lowest BCUT2D eigenvalue weighted by Crippen LogP contribution is -1.92. The zero-order valence-corrected chi connectivity index (χ0v) is 7.76. The fraction of sp³-hybridized carbons (Fsp3) is 0.222. The molecule has 0 aliphatic rings. The van der Waals surface area contributed by atoms with Crippen molar-refractivity contribution in [1.82, 2.24) is 9.38 Å². The number of aromatic nitrogens is 2. The maximum atomic E-state index is 5.83. The molecule has 0 N–H and O–H groups in total. The van der Waals surface area contributed by atoms with Gasteiger partial charge in [0.25, 0.3) is 0 Å². The Bertz CT molecular complexity index is 431. The van der Waals surface area contributed by atoms with Crippen LogP contribution in [0.1, 0.15) is 11.3 Å². The quantitative estimate of drug-likeness (QED) is 0.570. The van der Waals surface area contributed by atoms with Crippen LogP contribution in [0.4, 0.5) is 0 Å². The highest BCUT2D eigenvalue weighted by molar-refractivity contribution is 6.29. The molecule has 0 fully saturated rings. The van der Waals surface area contributed by atoms with Crippen molar-refractivity contribution in [3.8, 4) is 0 Å². The van der Waals surface area contributed by atoms with Crippen molar-refractivity contribution >= 4 is 17.2 Å². The number of hydrogen-bond donors (Lipinski definition) is 0. The van der Waals surface area contributed by atoms with Gasteiger partial charge in [0, 0.05) is 11.9 Å². The molecule has 0 bridgehead atoms. The summed E-state index contributed by atoms with van der Waals surface area (Å²) in [5, 5.41) is 0.557. The van der Waals surface area contributed by atoms with Crippen LogP contribution in [-0.4, -0.2) is 9.38 Å². The number of aryl methyl sites for hydroxylation is 2. The number of halogens is 1. The second kappa shape index (κ2) is 2.49. The standard InChI is InChI=1S/C9H9ClN2/c1-6-3-4-12-7(2)5-8(10)11-9(6)12/h3-5H,1-2H3. The van der Waals surface area contributed by atoms with Crippen LogP contribution in [0, 0.1) is 13.8 Å². The van der Waals surface area contributed by atoms with Crippen molar-refractivity contribution < 1.29 is 0 Å². The molecule has 2 aromatic rings. The normalized spacial score (nSPS) is 10.9. The zero-order chi connectivity index (χ0) is 8.72. The summed E-state index contributed by atoms with van der Waals surface area (Å²) < 4.78 is 2.03. The molecule has 0 atom stereocenters. The Balaban J connectivity index is 2.92. The van der Waals surface area contributed by atoms with Gasteiger partial charge in [0.1, 0.15) is 10.8 Å². The van der Waals surface area contributed by atoms with Crippen LogP contribution in [0.25, 0.3) is 5.65 Å². The van der Waals surface area contributed by atoms with Gasteiger partial charge in [-0.2, -0.15) is 0 Å². The molecule has 12 heavy (non-hydrogen) atoms. The van der Waals surface area contributed by atoms with E-state index in [1.165, 1.54) is 0 Å². The van der Waals surface area contributed by atoms with Gasteiger partial charge in [-0.1, -0.05) is 11.6 Å². The van der Waals surface area contributed by atoms with Gasteiger partial charge in [-0.25, -0.2) is 4.98 Å². The van der Waals surface area contributed by atoms with Crippen molar-refractivity contribution in [3.05, 3.63) is 34.7 Å². The first-order chi connectivity index (χ1) is 5.68. The van der Waals surface area contributed by atoms with Gasteiger partial charge in [-0.15, -0.1) is 0 Å². The van der Waals surface area contributed by atoms with Crippen molar-refractivity contribution in [3.63, 3.8) is 0 Å². The van der Waals surface area contributed by atoms with E-state index >= 15 is 0 Å². The third-order valence-electron chi connectivity index (χ3n) is 1.98. The molecule has 2 heterocycles. The van der Waals surface area contributed by atoms with Crippen molar-refractivity contribution in [2.45, 2.75) is 13.8 Å². The lowest BCUT2D eigenvalue weighted by molar-refractivity contribution is 1.05. The van der Waals surface area contributed by atoms with Crippen LogP contribution < -0.4 is 0 Å². The monoisotopic (exact) mass is 180 g/mol. The van der Waals surface area contributed by atoms with Crippen LogP contribution in [0.5, 0.6) is 0 Å². The Morgan fingerprint density at radius 2 is 2.17 bits per heavy atom. The molecular formula is C9H9ClN2. The summed E-state index contributed by atoms with van der Waals surface area (Å²) in [6, 6.07) is 3.89. The summed E-state index contributed by atoms with van der Waals surface area (Å²) >= 11 is 5.83. The second-order valence-electron chi connectivity index (χ2n) is 2.91. The van der Waals surface area contributed by atoms with E-state index in [-0.39, 0.29) is 0 Å². The molecule has 62 valence electrons. The molecule has 2 nitrogen and oxygen atoms in total. The molecule has 0 aliphatic carbocycles. The molecule has 0 saturated carbocycles. The number of nitrogens with zero attached hydrogens (tertiary/aromatic N) is 2. The maximum absolute atomic E-state index is 5.83. The molecule has 2 aromatic heterocycles. The first kappa shape index (κ1) is 7.62. The minimum Gasteiger partial charge on any atom is -0.306 e. The molecule has 0 aromatic carbocycles. The number of fused-ring (bicyclic) bond motifs is 1. The van der Waals surface area contributed by atoms with E-state index in [4.69, 9.17) is 11.6 Å². The molecular weight excluding hydrogens is 172 g/mol. The van der Waals surface area contributed by atoms with E-state index in [0.29, 0.717) is 5.15 Å². The van der Waals surface area contributed by atoms with Crippen molar-refractivity contribution in [1.29, 1.82) is 0 Å². The smallest absolute Gasteiger partial charge is 0.141 e. The van der Waals surface area contributed by atoms with Crippen LogP contribution in [0.2, 0.25) is 5.15 Å². The lowest BCUT2D eigenvalue weighted by atomic mass is 10.4. The van der Waals surface area contributed by atoms with E-state index in [2.05, 4.69) is 4.98 Å². The van der Waals surface area contributed by atoms with Crippen molar-refractivity contribution in [2.75, 3.05) is 0 Å². The molecule has 3 heteroatoms. The van der Waals surface area contributed by atoms with Gasteiger partial charge in [0.2, 0.25) is 0 Å². The highest BCUT2D eigenvalue weighted by atomic mass is 35.5. The van der Waals surface area contributed by atoms with Crippen LogP contribution >= 0.6 is 11.6 Å². The summed E-state index contributed by atoms with van der Waals surface area (Å²) in [4.78, 5) is 4.22. The van der Waals surface area contributed by atoms with E-state index < -0.39 is 0 Å². The summed E-state index contributed by atoms with van der Waals surface area (Å²) in [5.41, 5.74) is 3.21. The predicted octanol–water partition coefficient (Wildman–Crippen LogP) is 2.60. The summed E-state index contributed by atoms with van der Waals surface area (Å²) in [7, 11) is 0. The largest absolute Gasteiger partial charge is 0.306 e. The third-order valence-corrected chi connectivity index (χ3v) is 2.17. The average Bonchev–Trinajstić information content (AvgIpc) is 2.33. The Morgan fingerprint density at radius 1 is 1.42 bits per heavy atom. The average molecular weight is 181 g/mol. The van der Waals surface area contributed by atoms with E-state index in [0.717, 1.165) is 16.9 Å². The highest BCUT2D eigenvalue weighted by Crippen LogP contribution is 2.15. The molecule has 0 radical (unpaired) electrons. The Kier molecular flexibility index (Phi) is 1.58. The topological polar surface area (TPSA) is 17.3 Å². The number of rotatable bonds is 0. The summed E-state index contributed by atoms with van der Waals surface area (Å²) in [5.74, 6) is 0. The van der Waals surface area contributed by atoms with Gasteiger partial charge >= 0.3 is 0 Å². The fourth-order valence-corrected chi connectivity index (χ4v) is 1.56. The second-order valence-corrected chi connectivity index (χ2v) is 3.30. The lowest BCUT2D eigenvalue weighted by Gasteiger charge is -2.00. The van der Waals surface area contributed by atoms with E-state index in [1.54, 1.807) is 0 Å². The molecule has 0 spiro atoms. The number of hydrogen-bond acceptors (Lipinski definition) is 1. The molecule has 0 saturated heterocycles. The highest BCUT2D eigenvalue weighted by Gasteiger charge is 2.02. The van der Waals surface area contributed by atoms with Crippen molar-refractivity contribution in [2.24, 2.45) is 0 Å². The van der Waals surface area contributed by atoms with Gasteiger partial charge in [-0.3, -0.25) is 0 Å². The van der Waals surface area contributed by atoms with E-state index in [1.807, 2.05) is 36.6 Å². The first-order valence-electron chi connectivity index (χ1n) is 3.79. The summed E-state index contributed by atoms with van der Waals surface area (Å²) in [6.07, 6.45) is 2.00. The van der Waals surface area contributed by atoms with Crippen LogP contribution in [-0.2, 0) is 0 Å². The van der Waals surface area contributed by atoms with E-state index in [9.17, 15) is 0 Å². The molecule has 0 amide bonds. The molecule has 2 rings (SSSR count). The minimum atomic E-state index is 0.557. The van der Waals surface area contributed by atoms with Gasteiger partial charge < -0.3 is 4.40 Å². The molecule has 0 aliphatic heterocycles. The Hall–Kier alpha value is -1.02. The van der Waals surface area contributed by atoms with Gasteiger partial charge in [0.15, 0.2) is 0 Å². The third kappa shape index (κ3) is 0.994. The van der Waals surface area contributed by atoms with Crippen LogP contribution in [0.15, 0.2) is 18.3 Å². The SMILES string of the molecule is Cc1ccn2c(C)cc(Cl)nc12. The molecule has 0 unspecified atom stereocenters. The zero-order valence-electron chi connectivity index (χ0n) is 7.00. The maximum Gasteiger partial charge on any atom is 0.141 e. The first-order valence-corrected chi connectivity index (χ1v) is 4.17.